The molecular formula is C12H14O4S. The lowest BCUT2D eigenvalue weighted by atomic mass is 9.84. The zero-order valence-electron chi connectivity index (χ0n) is 9.51. The van der Waals surface area contributed by atoms with Crippen molar-refractivity contribution in [3.63, 3.8) is 0 Å². The number of carboxylic acid groups (broad SMARTS) is 1. The van der Waals surface area contributed by atoms with E-state index in [2.05, 4.69) is 0 Å². The summed E-state index contributed by atoms with van der Waals surface area (Å²) in [4.78, 5) is 11.3. The van der Waals surface area contributed by atoms with Crippen molar-refractivity contribution >= 4 is 15.8 Å². The third-order valence-electron chi connectivity index (χ3n) is 3.40. The normalized spacial score (nSPS) is 18.4. The molecule has 2 rings (SSSR count). The molecule has 4 nitrogen and oxygen atoms in total. The first-order valence-electron chi connectivity index (χ1n) is 5.45. The number of carbonyl (C=O) groups is 1. The number of benzene rings is 1. The molecule has 1 saturated carbocycles. The van der Waals surface area contributed by atoms with Gasteiger partial charge in [0.1, 0.15) is 0 Å². The van der Waals surface area contributed by atoms with Gasteiger partial charge >= 0.3 is 5.97 Å². The molecule has 5 heteroatoms. The van der Waals surface area contributed by atoms with Crippen LogP contribution in [0.3, 0.4) is 0 Å². The standard InChI is InChI=1S/C12H14O4S/c1-9-3-5-10(6-4-9)17(15,16)12(11(13)14)7-2-8-12/h3-6H,2,7-8H2,1H3,(H,13,14). The van der Waals surface area contributed by atoms with Crippen LogP contribution in [0.2, 0.25) is 0 Å². The molecule has 1 aromatic carbocycles. The van der Waals surface area contributed by atoms with Crippen LogP contribution in [-0.2, 0) is 14.6 Å². The van der Waals surface area contributed by atoms with E-state index in [0.717, 1.165) is 5.56 Å². The van der Waals surface area contributed by atoms with Gasteiger partial charge in [0.15, 0.2) is 14.6 Å². The number of aliphatic carboxylic acids is 1. The van der Waals surface area contributed by atoms with Crippen LogP contribution in [0.4, 0.5) is 0 Å². The maximum absolute atomic E-state index is 12.3. The molecule has 0 aliphatic heterocycles. The minimum Gasteiger partial charge on any atom is -0.480 e. The summed E-state index contributed by atoms with van der Waals surface area (Å²) in [7, 11) is -3.78. The molecule has 17 heavy (non-hydrogen) atoms. The van der Waals surface area contributed by atoms with E-state index in [9.17, 15) is 13.2 Å². The largest absolute Gasteiger partial charge is 0.480 e. The highest BCUT2D eigenvalue weighted by molar-refractivity contribution is 7.93. The quantitative estimate of drug-likeness (QED) is 0.892. The Bertz CT molecular complexity index is 538. The molecule has 0 aromatic heterocycles. The maximum atomic E-state index is 12.3. The minimum atomic E-state index is -3.78. The molecule has 0 unspecified atom stereocenters. The number of sulfone groups is 1. The summed E-state index contributed by atoms with van der Waals surface area (Å²) in [6.45, 7) is 1.85. The Morgan fingerprint density at radius 1 is 1.24 bits per heavy atom. The van der Waals surface area contributed by atoms with Crippen molar-refractivity contribution in [3.05, 3.63) is 29.8 Å². The molecule has 1 aliphatic rings. The molecule has 1 aliphatic carbocycles. The lowest BCUT2D eigenvalue weighted by molar-refractivity contribution is -0.142. The van der Waals surface area contributed by atoms with Crippen molar-refractivity contribution in [2.24, 2.45) is 0 Å². The van der Waals surface area contributed by atoms with E-state index in [1.165, 1.54) is 12.1 Å². The van der Waals surface area contributed by atoms with E-state index in [0.29, 0.717) is 6.42 Å². The Labute approximate surface area is 100 Å². The molecule has 0 heterocycles. The maximum Gasteiger partial charge on any atom is 0.325 e. The summed E-state index contributed by atoms with van der Waals surface area (Å²) in [5.41, 5.74) is 0.946. The first-order chi connectivity index (χ1) is 7.90. The Morgan fingerprint density at radius 2 is 1.76 bits per heavy atom. The van der Waals surface area contributed by atoms with Crippen molar-refractivity contribution < 1.29 is 18.3 Å². The predicted octanol–water partition coefficient (Wildman–Crippen LogP) is 1.78. The van der Waals surface area contributed by atoms with Crippen LogP contribution in [0.1, 0.15) is 24.8 Å². The zero-order chi connectivity index (χ0) is 12.7. The molecule has 0 spiro atoms. The van der Waals surface area contributed by atoms with Crippen LogP contribution in [0.15, 0.2) is 29.2 Å². The molecule has 0 bridgehead atoms. The number of hydrogen-bond donors (Lipinski definition) is 1. The lowest BCUT2D eigenvalue weighted by Gasteiger charge is -2.36. The summed E-state index contributed by atoms with van der Waals surface area (Å²) in [5, 5.41) is 9.16. The van der Waals surface area contributed by atoms with Crippen molar-refractivity contribution in [1.29, 1.82) is 0 Å². The van der Waals surface area contributed by atoms with Gasteiger partial charge in [0.05, 0.1) is 4.90 Å². The Morgan fingerprint density at radius 3 is 2.12 bits per heavy atom. The SMILES string of the molecule is Cc1ccc(S(=O)(=O)C2(C(=O)O)CCC2)cc1. The van der Waals surface area contributed by atoms with Gasteiger partial charge in [-0.3, -0.25) is 4.79 Å². The van der Waals surface area contributed by atoms with E-state index < -0.39 is 20.6 Å². The van der Waals surface area contributed by atoms with Gasteiger partial charge in [-0.05, 0) is 38.3 Å². The molecule has 1 N–H and O–H groups in total. The van der Waals surface area contributed by atoms with E-state index >= 15 is 0 Å². The van der Waals surface area contributed by atoms with Crippen LogP contribution >= 0.6 is 0 Å². The van der Waals surface area contributed by atoms with Gasteiger partial charge < -0.3 is 5.11 Å². The summed E-state index contributed by atoms with van der Waals surface area (Å²) in [5.74, 6) is -1.23. The third kappa shape index (κ3) is 1.65. The second kappa shape index (κ2) is 3.84. The molecule has 1 aromatic rings. The first kappa shape index (κ1) is 12.1. The van der Waals surface area contributed by atoms with E-state index in [1.807, 2.05) is 6.92 Å². The Balaban J connectivity index is 2.49. The highest BCUT2D eigenvalue weighted by atomic mass is 32.2. The third-order valence-corrected chi connectivity index (χ3v) is 5.90. The number of aryl methyl sites for hydroxylation is 1. The van der Waals surface area contributed by atoms with Crippen molar-refractivity contribution in [2.75, 3.05) is 0 Å². The fraction of sp³-hybridized carbons (Fsp3) is 0.417. The van der Waals surface area contributed by atoms with Crippen LogP contribution in [0.5, 0.6) is 0 Å². The summed E-state index contributed by atoms with van der Waals surface area (Å²) in [6, 6.07) is 6.32. The fourth-order valence-electron chi connectivity index (χ4n) is 2.04. The monoisotopic (exact) mass is 254 g/mol. The first-order valence-corrected chi connectivity index (χ1v) is 6.93. The topological polar surface area (TPSA) is 71.4 Å². The summed E-state index contributed by atoms with van der Waals surface area (Å²) in [6.07, 6.45) is 1.06. The molecule has 0 atom stereocenters. The van der Waals surface area contributed by atoms with E-state index in [1.54, 1.807) is 12.1 Å². The van der Waals surface area contributed by atoms with Crippen LogP contribution in [0, 0.1) is 6.92 Å². The van der Waals surface area contributed by atoms with Crippen molar-refractivity contribution in [1.82, 2.24) is 0 Å². The van der Waals surface area contributed by atoms with E-state index in [-0.39, 0.29) is 17.7 Å². The molecule has 0 saturated heterocycles. The fourth-order valence-corrected chi connectivity index (χ4v) is 4.04. The van der Waals surface area contributed by atoms with E-state index in [4.69, 9.17) is 5.11 Å². The molecule has 0 amide bonds. The van der Waals surface area contributed by atoms with Crippen LogP contribution in [-0.4, -0.2) is 24.2 Å². The highest BCUT2D eigenvalue weighted by Gasteiger charge is 2.56. The molecule has 0 radical (unpaired) electrons. The zero-order valence-corrected chi connectivity index (χ0v) is 10.3. The second-order valence-electron chi connectivity index (χ2n) is 4.47. The molecular weight excluding hydrogens is 240 g/mol. The number of carboxylic acids is 1. The van der Waals surface area contributed by atoms with Crippen LogP contribution in [0.25, 0.3) is 0 Å². The average molecular weight is 254 g/mol. The second-order valence-corrected chi connectivity index (χ2v) is 6.73. The summed E-state index contributed by atoms with van der Waals surface area (Å²) < 4.78 is 23.0. The van der Waals surface area contributed by atoms with Crippen molar-refractivity contribution in [2.45, 2.75) is 35.8 Å². The van der Waals surface area contributed by atoms with Gasteiger partial charge in [-0.25, -0.2) is 8.42 Å². The number of hydrogen-bond acceptors (Lipinski definition) is 3. The van der Waals surface area contributed by atoms with Gasteiger partial charge in [0.2, 0.25) is 0 Å². The molecule has 92 valence electrons. The smallest absolute Gasteiger partial charge is 0.325 e. The van der Waals surface area contributed by atoms with Gasteiger partial charge in [0, 0.05) is 0 Å². The minimum absolute atomic E-state index is 0.102. The lowest BCUT2D eigenvalue weighted by Crippen LogP contribution is -2.51. The number of rotatable bonds is 3. The van der Waals surface area contributed by atoms with Gasteiger partial charge in [0.25, 0.3) is 0 Å². The van der Waals surface area contributed by atoms with Crippen LogP contribution < -0.4 is 0 Å². The van der Waals surface area contributed by atoms with Gasteiger partial charge in [-0.2, -0.15) is 0 Å². The van der Waals surface area contributed by atoms with Gasteiger partial charge in [-0.15, -0.1) is 0 Å². The Hall–Kier alpha value is -1.36. The van der Waals surface area contributed by atoms with Crippen molar-refractivity contribution in [3.8, 4) is 0 Å². The molecule has 1 fully saturated rings. The Kier molecular flexibility index (Phi) is 2.73. The summed E-state index contributed by atoms with van der Waals surface area (Å²) >= 11 is 0. The average Bonchev–Trinajstić information content (AvgIpc) is 2.14. The predicted molar refractivity (Wildman–Crippen MR) is 62.6 cm³/mol. The highest BCUT2D eigenvalue weighted by Crippen LogP contribution is 2.43. The van der Waals surface area contributed by atoms with Gasteiger partial charge in [-0.1, -0.05) is 17.7 Å².